The van der Waals surface area contributed by atoms with Gasteiger partial charge in [0.1, 0.15) is 5.75 Å². The van der Waals surface area contributed by atoms with Crippen LogP contribution in [0.4, 0.5) is 0 Å². The molecule has 0 amide bonds. The predicted octanol–water partition coefficient (Wildman–Crippen LogP) is 3.23. The topological polar surface area (TPSA) is 60.2 Å². The lowest BCUT2D eigenvalue weighted by molar-refractivity contribution is 0.411. The molecule has 2 aromatic heterocycles. The van der Waals surface area contributed by atoms with Gasteiger partial charge in [-0.1, -0.05) is 0 Å². The van der Waals surface area contributed by atoms with Crippen LogP contribution in [0.15, 0.2) is 32.8 Å². The molecule has 3 N–H and O–H groups in total. The van der Waals surface area contributed by atoms with E-state index in [0.29, 0.717) is 5.75 Å². The van der Waals surface area contributed by atoms with Gasteiger partial charge in [-0.25, -0.2) is 5.43 Å². The highest BCUT2D eigenvalue weighted by molar-refractivity contribution is 9.13. The summed E-state index contributed by atoms with van der Waals surface area (Å²) in [5.74, 6) is 6.36. The number of hydrogen-bond donors (Lipinski definition) is 2. The van der Waals surface area contributed by atoms with Crippen molar-refractivity contribution in [3.63, 3.8) is 0 Å². The number of pyridine rings is 1. The van der Waals surface area contributed by atoms with Crippen LogP contribution in [0.3, 0.4) is 0 Å². The molecule has 0 fully saturated rings. The van der Waals surface area contributed by atoms with Crippen LogP contribution in [0.1, 0.15) is 16.5 Å². The molecule has 0 aliphatic carbocycles. The number of halogens is 2. The Morgan fingerprint density at radius 3 is 2.72 bits per heavy atom. The average molecular weight is 393 g/mol. The third-order valence-corrected chi connectivity index (χ3v) is 5.74. The molecule has 18 heavy (non-hydrogen) atoms. The molecule has 2 aromatic rings. The van der Waals surface area contributed by atoms with E-state index in [2.05, 4.69) is 42.3 Å². The summed E-state index contributed by atoms with van der Waals surface area (Å²) in [6.45, 7) is 0. The summed E-state index contributed by atoms with van der Waals surface area (Å²) in [5, 5.41) is 0. The van der Waals surface area contributed by atoms with E-state index in [1.807, 2.05) is 12.1 Å². The zero-order valence-electron chi connectivity index (χ0n) is 9.48. The highest BCUT2D eigenvalue weighted by Gasteiger charge is 2.17. The zero-order chi connectivity index (χ0) is 13.1. The van der Waals surface area contributed by atoms with E-state index in [1.165, 1.54) is 0 Å². The van der Waals surface area contributed by atoms with Crippen molar-refractivity contribution < 1.29 is 4.74 Å². The fraction of sp³-hybridized carbons (Fsp3) is 0.182. The second kappa shape index (κ2) is 6.12. The first-order valence-corrected chi connectivity index (χ1v) is 7.45. The number of rotatable bonds is 4. The number of hydrazine groups is 1. The molecule has 7 heteroatoms. The molecule has 2 heterocycles. The molecule has 0 aliphatic rings. The number of methoxy groups -OCH3 is 1. The van der Waals surface area contributed by atoms with Crippen LogP contribution in [0.5, 0.6) is 5.75 Å². The minimum atomic E-state index is -0.111. The summed E-state index contributed by atoms with van der Waals surface area (Å²) in [7, 11) is 1.62. The number of hydrogen-bond acceptors (Lipinski definition) is 5. The Balaban J connectivity index is 2.38. The van der Waals surface area contributed by atoms with Crippen molar-refractivity contribution in [3.05, 3.63) is 43.2 Å². The number of aromatic nitrogens is 1. The van der Waals surface area contributed by atoms with E-state index in [4.69, 9.17) is 10.6 Å². The third-order valence-electron chi connectivity index (χ3n) is 2.42. The van der Waals surface area contributed by atoms with E-state index >= 15 is 0 Å². The molecule has 1 atom stereocenters. The summed E-state index contributed by atoms with van der Waals surface area (Å²) in [4.78, 5) is 5.23. The molecule has 0 aromatic carbocycles. The van der Waals surface area contributed by atoms with Crippen molar-refractivity contribution in [2.75, 3.05) is 7.11 Å². The van der Waals surface area contributed by atoms with Gasteiger partial charge in [-0.3, -0.25) is 10.8 Å². The third kappa shape index (κ3) is 2.92. The second-order valence-corrected chi connectivity index (χ2v) is 6.78. The summed E-state index contributed by atoms with van der Waals surface area (Å²) in [6, 6.07) is 3.83. The van der Waals surface area contributed by atoms with Gasteiger partial charge in [-0.05, 0) is 49.6 Å². The fourth-order valence-electron chi connectivity index (χ4n) is 1.55. The van der Waals surface area contributed by atoms with E-state index in [1.54, 1.807) is 30.8 Å². The van der Waals surface area contributed by atoms with Crippen LogP contribution < -0.4 is 16.0 Å². The van der Waals surface area contributed by atoms with E-state index in [-0.39, 0.29) is 6.04 Å². The molecular formula is C11H11Br2N3OS. The molecule has 0 spiro atoms. The maximum absolute atomic E-state index is 5.65. The van der Waals surface area contributed by atoms with Crippen molar-refractivity contribution in [3.8, 4) is 5.75 Å². The summed E-state index contributed by atoms with van der Waals surface area (Å²) in [6.07, 6.45) is 3.44. The smallest absolute Gasteiger partial charge is 0.137 e. The fourth-order valence-corrected chi connectivity index (χ4v) is 3.73. The van der Waals surface area contributed by atoms with Gasteiger partial charge in [0.15, 0.2) is 0 Å². The molecule has 4 nitrogen and oxygen atoms in total. The molecule has 1 unspecified atom stereocenters. The Morgan fingerprint density at radius 2 is 2.17 bits per heavy atom. The minimum Gasteiger partial charge on any atom is -0.495 e. The first-order chi connectivity index (χ1) is 8.65. The molecule has 2 rings (SSSR count). The Kier molecular flexibility index (Phi) is 4.74. The summed E-state index contributed by atoms with van der Waals surface area (Å²) < 4.78 is 7.22. The first kappa shape index (κ1) is 14.0. The lowest BCUT2D eigenvalue weighted by Crippen LogP contribution is -2.28. The van der Waals surface area contributed by atoms with Crippen LogP contribution >= 0.6 is 43.2 Å². The quantitative estimate of drug-likeness (QED) is 0.619. The standard InChI is InChI=1S/C11H11Br2N3OS/c1-17-7-2-6(4-15-5-7)10(16-14)9-3-8(12)11(13)18-9/h2-5,10,16H,14H2,1H3. The summed E-state index contributed by atoms with van der Waals surface area (Å²) >= 11 is 8.56. The van der Waals surface area contributed by atoms with Crippen LogP contribution in [0.2, 0.25) is 0 Å². The molecule has 0 saturated carbocycles. The maximum Gasteiger partial charge on any atom is 0.137 e. The van der Waals surface area contributed by atoms with Crippen molar-refractivity contribution in [1.82, 2.24) is 10.4 Å². The van der Waals surface area contributed by atoms with E-state index < -0.39 is 0 Å². The number of ether oxygens (including phenoxy) is 1. The van der Waals surface area contributed by atoms with Crippen LogP contribution in [0.25, 0.3) is 0 Å². The van der Waals surface area contributed by atoms with Gasteiger partial charge in [0.2, 0.25) is 0 Å². The van der Waals surface area contributed by atoms with Crippen molar-refractivity contribution in [2.24, 2.45) is 5.84 Å². The van der Waals surface area contributed by atoms with Crippen molar-refractivity contribution >= 4 is 43.2 Å². The highest BCUT2D eigenvalue weighted by atomic mass is 79.9. The molecular weight excluding hydrogens is 382 g/mol. The van der Waals surface area contributed by atoms with Crippen LogP contribution in [-0.2, 0) is 0 Å². The van der Waals surface area contributed by atoms with Crippen LogP contribution in [0, 0.1) is 0 Å². The monoisotopic (exact) mass is 391 g/mol. The zero-order valence-corrected chi connectivity index (χ0v) is 13.5. The van der Waals surface area contributed by atoms with Gasteiger partial charge < -0.3 is 4.74 Å². The van der Waals surface area contributed by atoms with Crippen molar-refractivity contribution in [2.45, 2.75) is 6.04 Å². The number of nitrogens with two attached hydrogens (primary N) is 1. The molecule has 0 bridgehead atoms. The van der Waals surface area contributed by atoms with Gasteiger partial charge >= 0.3 is 0 Å². The number of nitrogens with zero attached hydrogens (tertiary/aromatic N) is 1. The van der Waals surface area contributed by atoms with Gasteiger partial charge in [0, 0.05) is 15.5 Å². The Labute approximate surface area is 126 Å². The number of thiophene rings is 1. The highest BCUT2D eigenvalue weighted by Crippen LogP contribution is 2.37. The van der Waals surface area contributed by atoms with Gasteiger partial charge in [0.05, 0.1) is 23.1 Å². The normalized spacial score (nSPS) is 12.4. The molecule has 96 valence electrons. The molecule has 0 aliphatic heterocycles. The largest absolute Gasteiger partial charge is 0.495 e. The average Bonchev–Trinajstić information content (AvgIpc) is 2.70. The van der Waals surface area contributed by atoms with Crippen LogP contribution in [-0.4, -0.2) is 12.1 Å². The van der Waals surface area contributed by atoms with Gasteiger partial charge in [-0.15, -0.1) is 11.3 Å². The first-order valence-electron chi connectivity index (χ1n) is 5.05. The predicted molar refractivity (Wildman–Crippen MR) is 79.7 cm³/mol. The Morgan fingerprint density at radius 1 is 1.39 bits per heavy atom. The van der Waals surface area contributed by atoms with Gasteiger partial charge in [0.25, 0.3) is 0 Å². The lowest BCUT2D eigenvalue weighted by atomic mass is 10.1. The van der Waals surface area contributed by atoms with Crippen molar-refractivity contribution in [1.29, 1.82) is 0 Å². The van der Waals surface area contributed by atoms with E-state index in [0.717, 1.165) is 18.7 Å². The van der Waals surface area contributed by atoms with E-state index in [9.17, 15) is 0 Å². The SMILES string of the molecule is COc1cncc(C(NN)c2cc(Br)c(Br)s2)c1. The Bertz CT molecular complexity index is 527. The maximum atomic E-state index is 5.65. The summed E-state index contributed by atoms with van der Waals surface area (Å²) in [5.41, 5.74) is 3.76. The Hall–Kier alpha value is -0.470. The lowest BCUT2D eigenvalue weighted by Gasteiger charge is -2.14. The molecule has 0 saturated heterocycles. The minimum absolute atomic E-state index is 0.111. The second-order valence-electron chi connectivity index (χ2n) is 3.53. The molecule has 0 radical (unpaired) electrons. The van der Waals surface area contributed by atoms with Gasteiger partial charge in [-0.2, -0.15) is 0 Å². The number of nitrogens with one attached hydrogen (secondary N) is 1.